The van der Waals surface area contributed by atoms with Gasteiger partial charge < -0.3 is 5.32 Å². The standard InChI is InChI=1S/C20H29N3/c1-2-3-11-17-18(14-21)16-12-7-8-13-19(16)23-20(17)22-15-9-5-4-6-10-15/h15H,2-13H2,1H3,(H,22,23). The van der Waals surface area contributed by atoms with Crippen LogP contribution in [0.2, 0.25) is 0 Å². The van der Waals surface area contributed by atoms with E-state index in [1.165, 1.54) is 61.8 Å². The van der Waals surface area contributed by atoms with Crippen molar-refractivity contribution >= 4 is 5.82 Å². The Bertz CT molecular complexity index is 580. The van der Waals surface area contributed by atoms with E-state index in [1.807, 2.05) is 0 Å². The van der Waals surface area contributed by atoms with E-state index in [0.29, 0.717) is 6.04 Å². The molecule has 124 valence electrons. The molecule has 23 heavy (non-hydrogen) atoms. The number of nitrogens with one attached hydrogen (secondary N) is 1. The van der Waals surface area contributed by atoms with E-state index < -0.39 is 0 Å². The molecule has 1 heterocycles. The zero-order valence-electron chi connectivity index (χ0n) is 14.5. The van der Waals surface area contributed by atoms with Crippen LogP contribution in [0, 0.1) is 11.3 Å². The lowest BCUT2D eigenvalue weighted by Crippen LogP contribution is -2.25. The minimum Gasteiger partial charge on any atom is -0.367 e. The fraction of sp³-hybridized carbons (Fsp3) is 0.700. The second kappa shape index (κ2) is 7.81. The minimum atomic E-state index is 0.546. The largest absolute Gasteiger partial charge is 0.367 e. The molecule has 0 saturated heterocycles. The molecule has 0 amide bonds. The van der Waals surface area contributed by atoms with Crippen LogP contribution in [0.5, 0.6) is 0 Å². The Balaban J connectivity index is 1.95. The molecule has 1 N–H and O–H groups in total. The van der Waals surface area contributed by atoms with E-state index in [4.69, 9.17) is 4.98 Å². The number of rotatable bonds is 5. The number of aryl methyl sites for hydroxylation is 1. The number of aromatic nitrogens is 1. The summed E-state index contributed by atoms with van der Waals surface area (Å²) in [7, 11) is 0. The van der Waals surface area contributed by atoms with E-state index in [0.717, 1.165) is 43.5 Å². The lowest BCUT2D eigenvalue weighted by Gasteiger charge is -2.27. The van der Waals surface area contributed by atoms with Gasteiger partial charge in [-0.15, -0.1) is 0 Å². The highest BCUT2D eigenvalue weighted by Gasteiger charge is 2.23. The Morgan fingerprint density at radius 1 is 1.13 bits per heavy atom. The van der Waals surface area contributed by atoms with Gasteiger partial charge in [0, 0.05) is 17.3 Å². The van der Waals surface area contributed by atoms with Gasteiger partial charge in [0.05, 0.1) is 11.6 Å². The molecule has 3 nitrogen and oxygen atoms in total. The van der Waals surface area contributed by atoms with Gasteiger partial charge in [-0.05, 0) is 56.9 Å². The average molecular weight is 311 g/mol. The minimum absolute atomic E-state index is 0.546. The van der Waals surface area contributed by atoms with Gasteiger partial charge in [0.25, 0.3) is 0 Å². The SMILES string of the molecule is CCCCc1c(NC2CCCCC2)nc2c(c1C#N)CCCC2. The zero-order valence-corrected chi connectivity index (χ0v) is 14.5. The first kappa shape index (κ1) is 16.3. The van der Waals surface area contributed by atoms with Gasteiger partial charge >= 0.3 is 0 Å². The van der Waals surface area contributed by atoms with Crippen molar-refractivity contribution in [2.24, 2.45) is 0 Å². The van der Waals surface area contributed by atoms with Crippen LogP contribution in [-0.2, 0) is 19.3 Å². The van der Waals surface area contributed by atoms with Crippen LogP contribution < -0.4 is 5.32 Å². The summed E-state index contributed by atoms with van der Waals surface area (Å²) in [6.45, 7) is 2.21. The Morgan fingerprint density at radius 2 is 1.91 bits per heavy atom. The van der Waals surface area contributed by atoms with Crippen molar-refractivity contribution < 1.29 is 0 Å². The van der Waals surface area contributed by atoms with Crippen LogP contribution in [-0.4, -0.2) is 11.0 Å². The molecular formula is C20H29N3. The van der Waals surface area contributed by atoms with Gasteiger partial charge in [0.15, 0.2) is 0 Å². The molecule has 0 atom stereocenters. The molecule has 3 heteroatoms. The number of unbranched alkanes of at least 4 members (excludes halogenated alkanes) is 1. The van der Waals surface area contributed by atoms with Gasteiger partial charge in [-0.2, -0.15) is 5.26 Å². The highest BCUT2D eigenvalue weighted by atomic mass is 15.0. The van der Waals surface area contributed by atoms with E-state index in [-0.39, 0.29) is 0 Å². The van der Waals surface area contributed by atoms with Crippen molar-refractivity contribution in [1.29, 1.82) is 5.26 Å². The van der Waals surface area contributed by atoms with Gasteiger partial charge in [-0.25, -0.2) is 4.98 Å². The topological polar surface area (TPSA) is 48.7 Å². The highest BCUT2D eigenvalue weighted by molar-refractivity contribution is 5.59. The number of hydrogen-bond donors (Lipinski definition) is 1. The molecule has 1 aromatic heterocycles. The summed E-state index contributed by atoms with van der Waals surface area (Å²) in [6.07, 6.45) is 14.2. The van der Waals surface area contributed by atoms with E-state index in [9.17, 15) is 5.26 Å². The van der Waals surface area contributed by atoms with E-state index in [1.54, 1.807) is 0 Å². The van der Waals surface area contributed by atoms with Crippen molar-refractivity contribution in [3.05, 3.63) is 22.4 Å². The summed E-state index contributed by atoms with van der Waals surface area (Å²) in [5.41, 5.74) is 4.58. The van der Waals surface area contributed by atoms with Crippen molar-refractivity contribution in [3.63, 3.8) is 0 Å². The fourth-order valence-electron chi connectivity index (χ4n) is 4.08. The third-order valence-corrected chi connectivity index (χ3v) is 5.41. The molecule has 0 radical (unpaired) electrons. The summed E-state index contributed by atoms with van der Waals surface area (Å²) >= 11 is 0. The summed E-state index contributed by atoms with van der Waals surface area (Å²) in [4.78, 5) is 5.01. The summed E-state index contributed by atoms with van der Waals surface area (Å²) in [5, 5.41) is 13.5. The van der Waals surface area contributed by atoms with Crippen molar-refractivity contribution in [2.75, 3.05) is 5.32 Å². The van der Waals surface area contributed by atoms with Crippen LogP contribution in [0.3, 0.4) is 0 Å². The van der Waals surface area contributed by atoms with Crippen LogP contribution in [0.1, 0.15) is 87.1 Å². The summed E-state index contributed by atoms with van der Waals surface area (Å²) in [5.74, 6) is 1.03. The third-order valence-electron chi connectivity index (χ3n) is 5.41. The van der Waals surface area contributed by atoms with Gasteiger partial charge in [-0.3, -0.25) is 0 Å². The Morgan fingerprint density at radius 3 is 2.65 bits per heavy atom. The average Bonchev–Trinajstić information content (AvgIpc) is 2.60. The Kier molecular flexibility index (Phi) is 5.54. The molecule has 0 spiro atoms. The van der Waals surface area contributed by atoms with Gasteiger partial charge in [0.1, 0.15) is 5.82 Å². The highest BCUT2D eigenvalue weighted by Crippen LogP contribution is 2.32. The van der Waals surface area contributed by atoms with E-state index in [2.05, 4.69) is 18.3 Å². The maximum atomic E-state index is 9.80. The smallest absolute Gasteiger partial charge is 0.131 e. The van der Waals surface area contributed by atoms with Crippen molar-refractivity contribution in [2.45, 2.75) is 90.0 Å². The number of nitriles is 1. The van der Waals surface area contributed by atoms with Gasteiger partial charge in [0.2, 0.25) is 0 Å². The lowest BCUT2D eigenvalue weighted by atomic mass is 9.88. The predicted molar refractivity (Wildman–Crippen MR) is 94.7 cm³/mol. The molecule has 3 rings (SSSR count). The van der Waals surface area contributed by atoms with Crippen LogP contribution >= 0.6 is 0 Å². The number of anilines is 1. The predicted octanol–water partition coefficient (Wildman–Crippen LogP) is 4.92. The molecule has 0 bridgehead atoms. The molecule has 2 aliphatic rings. The van der Waals surface area contributed by atoms with Gasteiger partial charge in [-0.1, -0.05) is 32.6 Å². The molecule has 2 aliphatic carbocycles. The molecule has 1 saturated carbocycles. The van der Waals surface area contributed by atoms with E-state index >= 15 is 0 Å². The maximum Gasteiger partial charge on any atom is 0.131 e. The fourth-order valence-corrected chi connectivity index (χ4v) is 4.08. The van der Waals surface area contributed by atoms with Crippen molar-refractivity contribution in [3.8, 4) is 6.07 Å². The maximum absolute atomic E-state index is 9.80. The summed E-state index contributed by atoms with van der Waals surface area (Å²) in [6, 6.07) is 3.08. The molecule has 1 aromatic rings. The molecule has 0 aliphatic heterocycles. The second-order valence-corrected chi connectivity index (χ2v) is 7.14. The number of fused-ring (bicyclic) bond motifs is 1. The zero-order chi connectivity index (χ0) is 16.1. The third kappa shape index (κ3) is 3.68. The van der Waals surface area contributed by atoms with Crippen LogP contribution in [0.15, 0.2) is 0 Å². The normalized spacial score (nSPS) is 18.3. The Hall–Kier alpha value is -1.56. The first-order chi connectivity index (χ1) is 11.3. The van der Waals surface area contributed by atoms with Crippen molar-refractivity contribution in [1.82, 2.24) is 4.98 Å². The Labute approximate surface area is 140 Å². The molecule has 0 unspecified atom stereocenters. The quantitative estimate of drug-likeness (QED) is 0.839. The van der Waals surface area contributed by atoms with Crippen LogP contribution in [0.4, 0.5) is 5.82 Å². The molecule has 0 aromatic carbocycles. The summed E-state index contributed by atoms with van der Waals surface area (Å²) < 4.78 is 0. The first-order valence-electron chi connectivity index (χ1n) is 9.54. The number of hydrogen-bond acceptors (Lipinski definition) is 3. The lowest BCUT2D eigenvalue weighted by molar-refractivity contribution is 0.461. The first-order valence-corrected chi connectivity index (χ1v) is 9.54. The molecule has 1 fully saturated rings. The monoisotopic (exact) mass is 311 g/mol. The molecular weight excluding hydrogens is 282 g/mol. The second-order valence-electron chi connectivity index (χ2n) is 7.14. The number of nitrogens with zero attached hydrogens (tertiary/aromatic N) is 2. The van der Waals surface area contributed by atoms with Crippen LogP contribution in [0.25, 0.3) is 0 Å². The number of pyridine rings is 1.